The maximum absolute atomic E-state index is 12.7. The molecule has 0 radical (unpaired) electrons. The Morgan fingerprint density at radius 2 is 1.77 bits per heavy atom. The van der Waals surface area contributed by atoms with E-state index >= 15 is 0 Å². The van der Waals surface area contributed by atoms with Crippen LogP contribution in [0.5, 0.6) is 0 Å². The Labute approximate surface area is 176 Å². The van der Waals surface area contributed by atoms with Crippen LogP contribution in [0, 0.1) is 13.8 Å². The van der Waals surface area contributed by atoms with E-state index in [1.165, 1.54) is 24.2 Å². The molecule has 3 rings (SSSR count). The molecule has 164 valence electrons. The monoisotopic (exact) mass is 455 g/mol. The number of aryl methyl sites for hydroxylation is 2. The van der Waals surface area contributed by atoms with E-state index in [4.69, 9.17) is 4.42 Å². The number of hydrogen-bond acceptors (Lipinski definition) is 6. The van der Waals surface area contributed by atoms with Gasteiger partial charge in [-0.2, -0.15) is 4.31 Å². The summed E-state index contributed by atoms with van der Waals surface area (Å²) in [5.41, 5.74) is 1.47. The van der Waals surface area contributed by atoms with Crippen LogP contribution in [-0.4, -0.2) is 45.9 Å². The molecule has 1 aliphatic heterocycles. The van der Waals surface area contributed by atoms with Crippen LogP contribution in [0.3, 0.4) is 0 Å². The molecule has 2 aromatic rings. The molecule has 9 nitrogen and oxygen atoms in total. The lowest BCUT2D eigenvalue weighted by atomic mass is 10.2. The molecule has 2 heterocycles. The average Bonchev–Trinajstić information content (AvgIpc) is 3.34. The predicted molar refractivity (Wildman–Crippen MR) is 114 cm³/mol. The van der Waals surface area contributed by atoms with Crippen molar-refractivity contribution in [2.45, 2.75) is 38.5 Å². The number of rotatable bonds is 7. The Kier molecular flexibility index (Phi) is 6.25. The van der Waals surface area contributed by atoms with Crippen LogP contribution >= 0.6 is 0 Å². The minimum Gasteiger partial charge on any atom is -0.455 e. The Hall–Kier alpha value is -2.37. The van der Waals surface area contributed by atoms with E-state index < -0.39 is 26.0 Å². The Bertz CT molecular complexity index is 1160. The first-order chi connectivity index (χ1) is 14.0. The quantitative estimate of drug-likeness (QED) is 0.661. The molecule has 0 saturated carbocycles. The maximum atomic E-state index is 12.7. The summed E-state index contributed by atoms with van der Waals surface area (Å²) in [7, 11) is -7.10. The SMILES string of the molecule is CCS(=O)(=O)Nc1ccc(NC(=O)c2cc(S(=O)(=O)N3CCCC3)c(C)o2)cc1C. The Morgan fingerprint density at radius 3 is 2.37 bits per heavy atom. The highest BCUT2D eigenvalue weighted by atomic mass is 32.2. The van der Waals surface area contributed by atoms with Crippen molar-refractivity contribution in [3.05, 3.63) is 41.3 Å². The molecule has 2 N–H and O–H groups in total. The molecule has 0 unspecified atom stereocenters. The number of sulfonamides is 2. The molecule has 1 aliphatic rings. The first kappa shape index (κ1) is 22.3. The smallest absolute Gasteiger partial charge is 0.291 e. The second-order valence-electron chi connectivity index (χ2n) is 7.13. The van der Waals surface area contributed by atoms with E-state index in [1.54, 1.807) is 25.1 Å². The van der Waals surface area contributed by atoms with Crippen LogP contribution in [0.15, 0.2) is 33.6 Å². The Balaban J connectivity index is 1.78. The summed E-state index contributed by atoms with van der Waals surface area (Å²) < 4.78 is 58.3. The molecule has 1 saturated heterocycles. The van der Waals surface area contributed by atoms with Gasteiger partial charge in [0.1, 0.15) is 10.7 Å². The number of nitrogens with one attached hydrogen (secondary N) is 2. The molecular formula is C19H25N3O6S2. The van der Waals surface area contributed by atoms with Gasteiger partial charge in [0.25, 0.3) is 5.91 Å². The van der Waals surface area contributed by atoms with E-state index in [9.17, 15) is 21.6 Å². The van der Waals surface area contributed by atoms with Gasteiger partial charge in [-0.25, -0.2) is 16.8 Å². The van der Waals surface area contributed by atoms with Crippen LogP contribution in [0.2, 0.25) is 0 Å². The van der Waals surface area contributed by atoms with E-state index in [0.29, 0.717) is 30.0 Å². The highest BCUT2D eigenvalue weighted by molar-refractivity contribution is 7.92. The number of anilines is 2. The summed E-state index contributed by atoms with van der Waals surface area (Å²) in [4.78, 5) is 12.6. The molecule has 0 atom stereocenters. The fourth-order valence-corrected chi connectivity index (χ4v) is 5.58. The van der Waals surface area contributed by atoms with Gasteiger partial charge in [0, 0.05) is 24.8 Å². The van der Waals surface area contributed by atoms with Crippen molar-refractivity contribution < 1.29 is 26.0 Å². The summed E-state index contributed by atoms with van der Waals surface area (Å²) >= 11 is 0. The number of benzene rings is 1. The third-order valence-electron chi connectivity index (χ3n) is 4.91. The second-order valence-corrected chi connectivity index (χ2v) is 11.0. The fraction of sp³-hybridized carbons (Fsp3) is 0.421. The van der Waals surface area contributed by atoms with E-state index in [-0.39, 0.29) is 22.2 Å². The molecule has 0 spiro atoms. The molecule has 30 heavy (non-hydrogen) atoms. The first-order valence-electron chi connectivity index (χ1n) is 9.56. The summed E-state index contributed by atoms with van der Waals surface area (Å²) in [5, 5.41) is 2.65. The van der Waals surface area contributed by atoms with E-state index in [2.05, 4.69) is 10.0 Å². The van der Waals surface area contributed by atoms with Crippen molar-refractivity contribution in [1.82, 2.24) is 4.31 Å². The standard InChI is InChI=1S/C19H25N3O6S2/c1-4-29(24,25)21-16-8-7-15(11-13(16)2)20-19(23)17-12-18(14(3)28-17)30(26,27)22-9-5-6-10-22/h7-8,11-12,21H,4-6,9-10H2,1-3H3,(H,20,23). The summed E-state index contributed by atoms with van der Waals surface area (Å²) in [5.74, 6) is -0.598. The third kappa shape index (κ3) is 4.68. The molecule has 0 aliphatic carbocycles. The first-order valence-corrected chi connectivity index (χ1v) is 12.7. The molecule has 1 fully saturated rings. The Morgan fingerprint density at radius 1 is 1.10 bits per heavy atom. The van der Waals surface area contributed by atoms with Gasteiger partial charge in [0.15, 0.2) is 5.76 Å². The minimum atomic E-state index is -3.69. The van der Waals surface area contributed by atoms with Crippen LogP contribution in [-0.2, 0) is 20.0 Å². The van der Waals surface area contributed by atoms with Crippen molar-refractivity contribution in [3.63, 3.8) is 0 Å². The zero-order valence-corrected chi connectivity index (χ0v) is 18.7. The number of carbonyl (C=O) groups is 1. The lowest BCUT2D eigenvalue weighted by molar-refractivity contribution is 0.0995. The topological polar surface area (TPSA) is 126 Å². The van der Waals surface area contributed by atoms with Gasteiger partial charge in [-0.1, -0.05) is 0 Å². The molecular weight excluding hydrogens is 430 g/mol. The van der Waals surface area contributed by atoms with Gasteiger partial charge in [0.05, 0.1) is 11.4 Å². The summed E-state index contributed by atoms with van der Waals surface area (Å²) in [6.45, 7) is 5.68. The summed E-state index contributed by atoms with van der Waals surface area (Å²) in [6.07, 6.45) is 1.63. The minimum absolute atomic E-state index is 0.00458. The van der Waals surface area contributed by atoms with Gasteiger partial charge in [-0.15, -0.1) is 0 Å². The molecule has 1 aromatic heterocycles. The molecule has 1 amide bonds. The van der Waals surface area contributed by atoms with Crippen molar-refractivity contribution in [1.29, 1.82) is 0 Å². The van der Waals surface area contributed by atoms with Crippen LogP contribution in [0.1, 0.15) is 41.6 Å². The van der Waals surface area contributed by atoms with Crippen molar-refractivity contribution >= 4 is 37.3 Å². The second kappa shape index (κ2) is 8.40. The van der Waals surface area contributed by atoms with Crippen LogP contribution in [0.25, 0.3) is 0 Å². The van der Waals surface area contributed by atoms with Gasteiger partial charge in [-0.05, 0) is 57.4 Å². The zero-order chi connectivity index (χ0) is 22.1. The number of carbonyl (C=O) groups excluding carboxylic acids is 1. The zero-order valence-electron chi connectivity index (χ0n) is 17.1. The van der Waals surface area contributed by atoms with Gasteiger partial charge in [-0.3, -0.25) is 9.52 Å². The largest absolute Gasteiger partial charge is 0.455 e. The normalized spacial score (nSPS) is 15.3. The van der Waals surface area contributed by atoms with E-state index in [0.717, 1.165) is 12.8 Å². The lowest BCUT2D eigenvalue weighted by Gasteiger charge is -2.14. The van der Waals surface area contributed by atoms with Gasteiger partial charge >= 0.3 is 0 Å². The molecule has 0 bridgehead atoms. The van der Waals surface area contributed by atoms with Crippen molar-refractivity contribution in [2.24, 2.45) is 0 Å². The third-order valence-corrected chi connectivity index (χ3v) is 8.21. The fourth-order valence-electron chi connectivity index (χ4n) is 3.19. The van der Waals surface area contributed by atoms with Gasteiger partial charge < -0.3 is 9.73 Å². The van der Waals surface area contributed by atoms with E-state index in [1.807, 2.05) is 0 Å². The van der Waals surface area contributed by atoms with Gasteiger partial charge in [0.2, 0.25) is 20.0 Å². The number of nitrogens with zero attached hydrogens (tertiary/aromatic N) is 1. The molecule has 1 aromatic carbocycles. The van der Waals surface area contributed by atoms with Crippen LogP contribution in [0.4, 0.5) is 11.4 Å². The average molecular weight is 456 g/mol. The maximum Gasteiger partial charge on any atom is 0.291 e. The number of amides is 1. The highest BCUT2D eigenvalue weighted by Crippen LogP contribution is 2.27. The molecule has 11 heteroatoms. The highest BCUT2D eigenvalue weighted by Gasteiger charge is 2.31. The van der Waals surface area contributed by atoms with Crippen LogP contribution < -0.4 is 10.0 Å². The van der Waals surface area contributed by atoms with Crippen molar-refractivity contribution in [2.75, 3.05) is 28.9 Å². The number of furan rings is 1. The predicted octanol–water partition coefficient (Wildman–Crippen LogP) is 2.69. The van der Waals surface area contributed by atoms with Crippen molar-refractivity contribution in [3.8, 4) is 0 Å². The summed E-state index contributed by atoms with van der Waals surface area (Å²) in [6, 6.07) is 5.96. The number of hydrogen-bond donors (Lipinski definition) is 2. The lowest BCUT2D eigenvalue weighted by Crippen LogP contribution is -2.28.